The van der Waals surface area contributed by atoms with Crippen molar-refractivity contribution in [2.24, 2.45) is 16.8 Å². The predicted octanol–water partition coefficient (Wildman–Crippen LogP) is 1.32. The van der Waals surface area contributed by atoms with Crippen LogP contribution in [-0.4, -0.2) is 59.6 Å². The van der Waals surface area contributed by atoms with Crippen molar-refractivity contribution in [3.8, 4) is 0 Å². The van der Waals surface area contributed by atoms with Gasteiger partial charge in [-0.05, 0) is 51.7 Å². The highest BCUT2D eigenvalue weighted by molar-refractivity contribution is 5.80. The molecule has 5 nitrogen and oxygen atoms in total. The van der Waals surface area contributed by atoms with Crippen LogP contribution in [0.1, 0.15) is 39.0 Å². The van der Waals surface area contributed by atoms with Crippen molar-refractivity contribution in [2.45, 2.75) is 51.1 Å². The van der Waals surface area contributed by atoms with Gasteiger partial charge in [-0.15, -0.1) is 0 Å². The number of amidine groups is 1. The number of fused-ring (bicyclic) bond motifs is 1. The van der Waals surface area contributed by atoms with Crippen molar-refractivity contribution < 1.29 is 5.21 Å². The zero-order chi connectivity index (χ0) is 13.8. The van der Waals surface area contributed by atoms with Crippen LogP contribution in [0.15, 0.2) is 5.16 Å². The van der Waals surface area contributed by atoms with E-state index in [-0.39, 0.29) is 0 Å². The van der Waals surface area contributed by atoms with Crippen molar-refractivity contribution in [1.82, 2.24) is 9.80 Å². The first kappa shape index (κ1) is 14.6. The summed E-state index contributed by atoms with van der Waals surface area (Å²) in [6.45, 7) is 5.76. The largest absolute Gasteiger partial charge is 0.409 e. The Bertz CT molecular complexity index is 321. The molecule has 0 radical (unpaired) electrons. The third-order valence-corrected chi connectivity index (χ3v) is 4.94. The second-order valence-electron chi connectivity index (χ2n) is 6.09. The summed E-state index contributed by atoms with van der Waals surface area (Å²) < 4.78 is 0. The highest BCUT2D eigenvalue weighted by atomic mass is 16.4. The molecule has 0 bridgehead atoms. The number of hydrogen-bond acceptors (Lipinski definition) is 4. The second kappa shape index (κ2) is 6.57. The fraction of sp³-hybridized carbons (Fsp3) is 0.929. The van der Waals surface area contributed by atoms with E-state index in [2.05, 4.69) is 28.9 Å². The summed E-state index contributed by atoms with van der Waals surface area (Å²) in [4.78, 5) is 5.09. The van der Waals surface area contributed by atoms with Crippen LogP contribution in [0.25, 0.3) is 0 Å². The Hall–Kier alpha value is -0.810. The van der Waals surface area contributed by atoms with Gasteiger partial charge in [-0.2, -0.15) is 0 Å². The van der Waals surface area contributed by atoms with Crippen LogP contribution in [-0.2, 0) is 0 Å². The van der Waals surface area contributed by atoms with Gasteiger partial charge in [-0.3, -0.25) is 4.90 Å². The van der Waals surface area contributed by atoms with Gasteiger partial charge < -0.3 is 15.8 Å². The zero-order valence-corrected chi connectivity index (χ0v) is 12.3. The number of rotatable bonds is 4. The average molecular weight is 268 g/mol. The maximum atomic E-state index is 8.74. The van der Waals surface area contributed by atoms with Gasteiger partial charge in [0.05, 0.1) is 0 Å². The van der Waals surface area contributed by atoms with E-state index in [4.69, 9.17) is 10.9 Å². The summed E-state index contributed by atoms with van der Waals surface area (Å²) in [6, 6.07) is 1.19. The number of hydrogen-bond donors (Lipinski definition) is 2. The lowest BCUT2D eigenvalue weighted by molar-refractivity contribution is 0.0204. The SMILES string of the molecule is CCC(CC(N)=NO)N1CCC2C(CCCN2C)C1. The van der Waals surface area contributed by atoms with Crippen LogP contribution >= 0.6 is 0 Å². The van der Waals surface area contributed by atoms with Crippen molar-refractivity contribution >= 4 is 5.84 Å². The molecule has 2 aliphatic heterocycles. The fourth-order valence-electron chi connectivity index (χ4n) is 3.83. The van der Waals surface area contributed by atoms with Crippen LogP contribution < -0.4 is 5.73 Å². The van der Waals surface area contributed by atoms with E-state index >= 15 is 0 Å². The fourth-order valence-corrected chi connectivity index (χ4v) is 3.83. The van der Waals surface area contributed by atoms with E-state index in [9.17, 15) is 0 Å². The Balaban J connectivity index is 1.95. The van der Waals surface area contributed by atoms with E-state index in [0.717, 1.165) is 24.9 Å². The van der Waals surface area contributed by atoms with Gasteiger partial charge in [0.1, 0.15) is 5.84 Å². The Morgan fingerprint density at radius 1 is 1.42 bits per heavy atom. The summed E-state index contributed by atoms with van der Waals surface area (Å²) in [5.74, 6) is 1.16. The molecule has 5 heteroatoms. The molecule has 0 amide bonds. The topological polar surface area (TPSA) is 65.1 Å². The first-order chi connectivity index (χ1) is 9.15. The van der Waals surface area contributed by atoms with Gasteiger partial charge in [0.2, 0.25) is 0 Å². The maximum absolute atomic E-state index is 8.74. The number of nitrogens with zero attached hydrogens (tertiary/aromatic N) is 3. The smallest absolute Gasteiger partial charge is 0.140 e. The number of piperidine rings is 2. The lowest BCUT2D eigenvalue weighted by atomic mass is 9.83. The van der Waals surface area contributed by atoms with Gasteiger partial charge in [-0.1, -0.05) is 12.1 Å². The van der Waals surface area contributed by atoms with E-state index < -0.39 is 0 Å². The van der Waals surface area contributed by atoms with E-state index in [1.807, 2.05) is 0 Å². The third-order valence-electron chi connectivity index (χ3n) is 4.94. The minimum absolute atomic E-state index is 0.356. The zero-order valence-electron chi connectivity index (χ0n) is 12.3. The van der Waals surface area contributed by atoms with Crippen molar-refractivity contribution in [1.29, 1.82) is 0 Å². The van der Waals surface area contributed by atoms with Gasteiger partial charge >= 0.3 is 0 Å². The molecule has 3 unspecified atom stereocenters. The molecule has 0 aliphatic carbocycles. The Morgan fingerprint density at radius 3 is 2.89 bits per heavy atom. The summed E-state index contributed by atoms with van der Waals surface area (Å²) in [5.41, 5.74) is 5.68. The normalized spacial score (nSPS) is 32.0. The standard InChI is InChI=1S/C14H28N4O/c1-3-12(9-14(15)16-19)18-8-6-13-11(10-18)5-4-7-17(13)2/h11-13,19H,3-10H2,1-2H3,(H2,15,16). The van der Waals surface area contributed by atoms with Crippen molar-refractivity contribution in [3.63, 3.8) is 0 Å². The van der Waals surface area contributed by atoms with Crippen molar-refractivity contribution in [3.05, 3.63) is 0 Å². The molecule has 2 heterocycles. The van der Waals surface area contributed by atoms with Crippen LogP contribution in [0.3, 0.4) is 0 Å². The van der Waals surface area contributed by atoms with E-state index in [1.54, 1.807) is 0 Å². The van der Waals surface area contributed by atoms with Crippen LogP contribution in [0.2, 0.25) is 0 Å². The lowest BCUT2D eigenvalue weighted by Gasteiger charge is -2.48. The molecule has 0 aromatic rings. The maximum Gasteiger partial charge on any atom is 0.140 e. The molecule has 2 rings (SSSR count). The average Bonchev–Trinajstić information content (AvgIpc) is 2.44. The summed E-state index contributed by atoms with van der Waals surface area (Å²) in [6.07, 6.45) is 5.67. The van der Waals surface area contributed by atoms with Crippen LogP contribution in [0.4, 0.5) is 0 Å². The molecule has 2 saturated heterocycles. The van der Waals surface area contributed by atoms with E-state index in [1.165, 1.54) is 32.4 Å². The first-order valence-electron chi connectivity index (χ1n) is 7.56. The second-order valence-corrected chi connectivity index (χ2v) is 6.09. The molecule has 2 aliphatic rings. The van der Waals surface area contributed by atoms with Crippen molar-refractivity contribution in [2.75, 3.05) is 26.7 Å². The highest BCUT2D eigenvalue weighted by Crippen LogP contribution is 2.31. The number of likely N-dealkylation sites (tertiary alicyclic amines) is 2. The van der Waals surface area contributed by atoms with Crippen LogP contribution in [0, 0.1) is 5.92 Å². The first-order valence-corrected chi connectivity index (χ1v) is 7.56. The highest BCUT2D eigenvalue weighted by Gasteiger charge is 2.36. The lowest BCUT2D eigenvalue weighted by Crippen LogP contribution is -2.55. The third kappa shape index (κ3) is 3.39. The summed E-state index contributed by atoms with van der Waals surface area (Å²) in [7, 11) is 2.26. The predicted molar refractivity (Wildman–Crippen MR) is 77.4 cm³/mol. The number of oxime groups is 1. The molecule has 0 spiro atoms. The molecular formula is C14H28N4O. The number of nitrogens with two attached hydrogens (primary N) is 1. The van der Waals surface area contributed by atoms with Crippen LogP contribution in [0.5, 0.6) is 0 Å². The molecule has 3 N–H and O–H groups in total. The quantitative estimate of drug-likeness (QED) is 0.349. The monoisotopic (exact) mass is 268 g/mol. The molecule has 0 saturated carbocycles. The minimum Gasteiger partial charge on any atom is -0.409 e. The Labute approximate surface area is 116 Å². The molecule has 3 atom stereocenters. The van der Waals surface area contributed by atoms with E-state index in [0.29, 0.717) is 18.3 Å². The minimum atomic E-state index is 0.356. The molecular weight excluding hydrogens is 240 g/mol. The summed E-state index contributed by atoms with van der Waals surface area (Å²) in [5, 5.41) is 11.9. The molecule has 110 valence electrons. The van der Waals surface area contributed by atoms with Gasteiger partial charge in [0.15, 0.2) is 0 Å². The molecule has 19 heavy (non-hydrogen) atoms. The van der Waals surface area contributed by atoms with Gasteiger partial charge in [0.25, 0.3) is 0 Å². The molecule has 2 fully saturated rings. The Morgan fingerprint density at radius 2 is 2.21 bits per heavy atom. The van der Waals surface area contributed by atoms with Gasteiger partial charge in [-0.25, -0.2) is 0 Å². The molecule has 0 aromatic carbocycles. The molecule has 0 aromatic heterocycles. The Kier molecular flexibility index (Phi) is 5.05. The van der Waals surface area contributed by atoms with Gasteiger partial charge in [0, 0.05) is 25.0 Å². The summed E-state index contributed by atoms with van der Waals surface area (Å²) >= 11 is 0.